The van der Waals surface area contributed by atoms with Gasteiger partial charge in [-0.15, -0.1) is 0 Å². The monoisotopic (exact) mass is 269 g/mol. The number of rotatable bonds is 2. The smallest absolute Gasteiger partial charge is 0.243 e. The van der Waals surface area contributed by atoms with E-state index in [2.05, 4.69) is 5.32 Å². The number of carbonyl (C=O) groups is 1. The number of nitrogens with two attached hydrogens (primary N) is 1. The highest BCUT2D eigenvalue weighted by Gasteiger charge is 2.30. The first-order valence-electron chi connectivity index (χ1n) is 5.54. The molecule has 3 N–H and O–H groups in total. The number of nitrogens with one attached hydrogen (secondary N) is 1. The zero-order chi connectivity index (χ0) is 13.3. The van der Waals surface area contributed by atoms with Gasteiger partial charge in [-0.1, -0.05) is 0 Å². The minimum absolute atomic E-state index is 0.133. The normalized spacial score (nSPS) is 17.5. The van der Waals surface area contributed by atoms with Crippen LogP contribution in [-0.2, 0) is 14.8 Å². The molecule has 0 unspecified atom stereocenters. The molecule has 0 aromatic heterocycles. The molecule has 0 aliphatic carbocycles. The maximum atomic E-state index is 12.4. The molecule has 0 spiro atoms. The van der Waals surface area contributed by atoms with Gasteiger partial charge in [0.2, 0.25) is 15.9 Å². The number of hydrogen-bond acceptors (Lipinski definition) is 4. The van der Waals surface area contributed by atoms with Gasteiger partial charge in [0.1, 0.15) is 0 Å². The quantitative estimate of drug-likeness (QED) is 0.721. The van der Waals surface area contributed by atoms with Crippen LogP contribution in [0.4, 0.5) is 5.69 Å². The van der Waals surface area contributed by atoms with E-state index in [0.29, 0.717) is 17.8 Å². The summed E-state index contributed by atoms with van der Waals surface area (Å²) in [6, 6.07) is 4.63. The summed E-state index contributed by atoms with van der Waals surface area (Å²) < 4.78 is 25.9. The lowest BCUT2D eigenvalue weighted by Crippen LogP contribution is -2.49. The van der Waals surface area contributed by atoms with Crippen LogP contribution in [0.1, 0.15) is 5.56 Å². The number of amides is 1. The summed E-state index contributed by atoms with van der Waals surface area (Å²) in [7, 11) is -3.63. The van der Waals surface area contributed by atoms with E-state index < -0.39 is 10.0 Å². The van der Waals surface area contributed by atoms with Crippen molar-refractivity contribution in [2.45, 2.75) is 11.8 Å². The van der Waals surface area contributed by atoms with E-state index in [9.17, 15) is 13.2 Å². The van der Waals surface area contributed by atoms with Gasteiger partial charge < -0.3 is 11.1 Å². The Morgan fingerprint density at radius 1 is 1.39 bits per heavy atom. The molecule has 1 saturated heterocycles. The molecule has 0 radical (unpaired) electrons. The van der Waals surface area contributed by atoms with E-state index in [1.54, 1.807) is 19.1 Å². The first-order valence-corrected chi connectivity index (χ1v) is 6.98. The Kier molecular flexibility index (Phi) is 3.27. The largest absolute Gasteiger partial charge is 0.399 e. The van der Waals surface area contributed by atoms with Crippen LogP contribution >= 0.6 is 0 Å². The third-order valence-corrected chi connectivity index (χ3v) is 4.83. The van der Waals surface area contributed by atoms with Crippen LogP contribution in [0.2, 0.25) is 0 Å². The van der Waals surface area contributed by atoms with Gasteiger partial charge in [0.15, 0.2) is 0 Å². The summed E-state index contributed by atoms with van der Waals surface area (Å²) in [6.45, 7) is 2.18. The van der Waals surface area contributed by atoms with E-state index in [4.69, 9.17) is 5.73 Å². The summed E-state index contributed by atoms with van der Waals surface area (Å²) >= 11 is 0. The molecular weight excluding hydrogens is 254 g/mol. The van der Waals surface area contributed by atoms with Crippen molar-refractivity contribution in [2.75, 3.05) is 25.4 Å². The maximum Gasteiger partial charge on any atom is 0.243 e. The lowest BCUT2D eigenvalue weighted by atomic mass is 10.2. The van der Waals surface area contributed by atoms with Crippen molar-refractivity contribution in [1.82, 2.24) is 9.62 Å². The number of hydrogen-bond donors (Lipinski definition) is 2. The number of carbonyl (C=O) groups excluding carboxylic acids is 1. The van der Waals surface area contributed by atoms with Gasteiger partial charge in [0.25, 0.3) is 0 Å². The Labute approximate surface area is 106 Å². The average Bonchev–Trinajstić information content (AvgIpc) is 2.28. The minimum Gasteiger partial charge on any atom is -0.399 e. The molecule has 1 fully saturated rings. The Balaban J connectivity index is 2.38. The molecule has 0 atom stereocenters. The number of sulfonamides is 1. The first kappa shape index (κ1) is 12.8. The fourth-order valence-electron chi connectivity index (χ4n) is 1.92. The highest BCUT2D eigenvalue weighted by atomic mass is 32.2. The Bertz CT molecular complexity index is 583. The molecule has 1 aliphatic rings. The van der Waals surface area contributed by atoms with Crippen molar-refractivity contribution in [2.24, 2.45) is 0 Å². The van der Waals surface area contributed by atoms with Crippen LogP contribution in [-0.4, -0.2) is 38.3 Å². The van der Waals surface area contributed by atoms with Gasteiger partial charge in [-0.05, 0) is 30.7 Å². The predicted octanol–water partition coefficient (Wildman–Crippen LogP) is -0.302. The summed E-state index contributed by atoms with van der Waals surface area (Å²) in [5.41, 5.74) is 6.70. The molecule has 6 nitrogen and oxygen atoms in total. The summed E-state index contributed by atoms with van der Waals surface area (Å²) in [4.78, 5) is 11.5. The third-order valence-electron chi connectivity index (χ3n) is 2.82. The number of nitrogens with zero attached hydrogens (tertiary/aromatic N) is 1. The summed E-state index contributed by atoms with van der Waals surface area (Å²) in [6.07, 6.45) is 0. The molecule has 1 aromatic rings. The standard InChI is InChI=1S/C11H15N3O3S/c1-8-6-9(12)2-3-10(8)18(16,17)14-5-4-13-11(15)7-14/h2-3,6H,4-5,7,12H2,1H3,(H,13,15). The second kappa shape index (κ2) is 4.58. The molecule has 1 aliphatic heterocycles. The van der Waals surface area contributed by atoms with E-state index in [0.717, 1.165) is 0 Å². The molecule has 1 aromatic carbocycles. The van der Waals surface area contributed by atoms with Crippen molar-refractivity contribution in [1.29, 1.82) is 0 Å². The number of anilines is 1. The molecule has 0 bridgehead atoms. The molecule has 7 heteroatoms. The Morgan fingerprint density at radius 2 is 2.11 bits per heavy atom. The minimum atomic E-state index is -3.63. The molecule has 2 rings (SSSR count). The van der Waals surface area contributed by atoms with E-state index in [1.165, 1.54) is 10.4 Å². The van der Waals surface area contributed by atoms with Crippen molar-refractivity contribution in [3.63, 3.8) is 0 Å². The van der Waals surface area contributed by atoms with Crippen molar-refractivity contribution in [3.8, 4) is 0 Å². The Morgan fingerprint density at radius 3 is 2.72 bits per heavy atom. The van der Waals surface area contributed by atoms with E-state index in [-0.39, 0.29) is 23.9 Å². The molecule has 1 amide bonds. The van der Waals surface area contributed by atoms with Crippen molar-refractivity contribution < 1.29 is 13.2 Å². The van der Waals surface area contributed by atoms with Crippen LogP contribution in [0.3, 0.4) is 0 Å². The van der Waals surface area contributed by atoms with Gasteiger partial charge in [0, 0.05) is 18.8 Å². The molecular formula is C11H15N3O3S. The van der Waals surface area contributed by atoms with E-state index >= 15 is 0 Å². The van der Waals surface area contributed by atoms with Crippen LogP contribution in [0.15, 0.2) is 23.1 Å². The summed E-state index contributed by atoms with van der Waals surface area (Å²) in [5.74, 6) is -0.280. The zero-order valence-corrected chi connectivity index (χ0v) is 10.8. The highest BCUT2D eigenvalue weighted by molar-refractivity contribution is 7.89. The average molecular weight is 269 g/mol. The fourth-order valence-corrected chi connectivity index (χ4v) is 3.52. The molecule has 0 saturated carbocycles. The lowest BCUT2D eigenvalue weighted by molar-refractivity contribution is -0.122. The van der Waals surface area contributed by atoms with Gasteiger partial charge in [0.05, 0.1) is 11.4 Å². The summed E-state index contributed by atoms with van der Waals surface area (Å²) in [5, 5.41) is 2.59. The van der Waals surface area contributed by atoms with Gasteiger partial charge in [-0.25, -0.2) is 8.42 Å². The number of benzene rings is 1. The second-order valence-corrected chi connectivity index (χ2v) is 6.12. The first-order chi connectivity index (χ1) is 8.41. The number of piperazine rings is 1. The maximum absolute atomic E-state index is 12.4. The number of aryl methyl sites for hydroxylation is 1. The fraction of sp³-hybridized carbons (Fsp3) is 0.364. The lowest BCUT2D eigenvalue weighted by Gasteiger charge is -2.26. The van der Waals surface area contributed by atoms with Crippen molar-refractivity contribution in [3.05, 3.63) is 23.8 Å². The van der Waals surface area contributed by atoms with Crippen LogP contribution in [0.5, 0.6) is 0 Å². The highest BCUT2D eigenvalue weighted by Crippen LogP contribution is 2.22. The van der Waals surface area contributed by atoms with Gasteiger partial charge >= 0.3 is 0 Å². The van der Waals surface area contributed by atoms with Gasteiger partial charge in [-0.3, -0.25) is 4.79 Å². The van der Waals surface area contributed by atoms with Crippen molar-refractivity contribution >= 4 is 21.6 Å². The number of nitrogen functional groups attached to an aromatic ring is 1. The van der Waals surface area contributed by atoms with Crippen LogP contribution in [0, 0.1) is 6.92 Å². The predicted molar refractivity (Wildman–Crippen MR) is 67.4 cm³/mol. The molecule has 1 heterocycles. The van der Waals surface area contributed by atoms with Crippen LogP contribution < -0.4 is 11.1 Å². The second-order valence-electron chi connectivity index (χ2n) is 4.21. The molecule has 18 heavy (non-hydrogen) atoms. The Hall–Kier alpha value is -1.60. The molecule has 98 valence electrons. The zero-order valence-electron chi connectivity index (χ0n) is 10.0. The van der Waals surface area contributed by atoms with Crippen LogP contribution in [0.25, 0.3) is 0 Å². The van der Waals surface area contributed by atoms with E-state index in [1.807, 2.05) is 0 Å². The third kappa shape index (κ3) is 2.32. The topological polar surface area (TPSA) is 92.5 Å². The SMILES string of the molecule is Cc1cc(N)ccc1S(=O)(=O)N1CCNC(=O)C1. The van der Waals surface area contributed by atoms with Gasteiger partial charge in [-0.2, -0.15) is 4.31 Å².